The van der Waals surface area contributed by atoms with E-state index in [1.165, 1.54) is 29.6 Å². The monoisotopic (exact) mass is 375 g/mol. The molecule has 1 aliphatic carbocycles. The van der Waals surface area contributed by atoms with Gasteiger partial charge in [0.25, 0.3) is 0 Å². The molecule has 2 atom stereocenters. The summed E-state index contributed by atoms with van der Waals surface area (Å²) in [5.74, 6) is 1.56. The van der Waals surface area contributed by atoms with Gasteiger partial charge in [-0.3, -0.25) is 14.5 Å². The zero-order valence-corrected chi connectivity index (χ0v) is 17.1. The third-order valence-electron chi connectivity index (χ3n) is 4.62. The maximum absolute atomic E-state index is 12.1. The van der Waals surface area contributed by atoms with E-state index in [-0.39, 0.29) is 0 Å². The molecule has 0 bridgehead atoms. The minimum absolute atomic E-state index is 0.333. The minimum atomic E-state index is -0.655. The number of hydrogen-bond acceptors (Lipinski definition) is 3. The topological polar surface area (TPSA) is 38.3 Å². The molecule has 1 aliphatic rings. The van der Waals surface area contributed by atoms with Gasteiger partial charge >= 0.3 is 0 Å². The number of rotatable bonds is 11. The molecule has 0 heterocycles. The molecule has 24 heavy (non-hydrogen) atoms. The second-order valence-corrected chi connectivity index (χ2v) is 8.91. The zero-order chi connectivity index (χ0) is 17.8. The minimum Gasteiger partial charge on any atom is -0.272 e. The Morgan fingerprint density at radius 3 is 2.67 bits per heavy atom. The average Bonchev–Trinajstić information content (AvgIpc) is 2.58. The Bertz CT molecular complexity index is 427. The van der Waals surface area contributed by atoms with E-state index in [1.807, 2.05) is 0 Å². The molecule has 0 aromatic rings. The fourth-order valence-corrected chi connectivity index (χ4v) is 4.67. The lowest BCUT2D eigenvalue weighted by Crippen LogP contribution is -2.22. The van der Waals surface area contributed by atoms with Crippen LogP contribution in [0.4, 0.5) is 0 Å². The van der Waals surface area contributed by atoms with Gasteiger partial charge in [0.15, 0.2) is 0 Å². The summed E-state index contributed by atoms with van der Waals surface area (Å²) in [5.41, 5.74) is 7.37. The van der Waals surface area contributed by atoms with Gasteiger partial charge in [-0.1, -0.05) is 38.8 Å². The summed E-state index contributed by atoms with van der Waals surface area (Å²) in [6.45, 7) is 6.93. The highest BCUT2D eigenvalue weighted by Crippen LogP contribution is 2.34. The molecule has 0 radical (unpaired) electrons. The molecular formula is C19H34ClNO2S. The van der Waals surface area contributed by atoms with Gasteiger partial charge in [-0.05, 0) is 62.5 Å². The van der Waals surface area contributed by atoms with Crippen molar-refractivity contribution in [3.05, 3.63) is 22.9 Å². The first kappa shape index (κ1) is 21.7. The van der Waals surface area contributed by atoms with Gasteiger partial charge in [0, 0.05) is 33.0 Å². The van der Waals surface area contributed by atoms with Crippen molar-refractivity contribution in [2.24, 2.45) is 5.92 Å². The summed E-state index contributed by atoms with van der Waals surface area (Å²) < 4.78 is 12.1. The van der Waals surface area contributed by atoms with E-state index < -0.39 is 10.8 Å². The van der Waals surface area contributed by atoms with Crippen molar-refractivity contribution < 1.29 is 9.05 Å². The van der Waals surface area contributed by atoms with Gasteiger partial charge in [0.1, 0.15) is 0 Å². The van der Waals surface area contributed by atoms with Gasteiger partial charge in [0.05, 0.1) is 6.61 Å². The fourth-order valence-electron chi connectivity index (χ4n) is 3.31. The van der Waals surface area contributed by atoms with E-state index in [2.05, 4.69) is 26.3 Å². The van der Waals surface area contributed by atoms with Crippen LogP contribution in [0.2, 0.25) is 0 Å². The van der Waals surface area contributed by atoms with Crippen LogP contribution in [0.1, 0.15) is 72.1 Å². The fraction of sp³-hybridized carbons (Fsp3) is 0.789. The smallest absolute Gasteiger partial charge is 0.0938 e. The van der Waals surface area contributed by atoms with Gasteiger partial charge in [-0.25, -0.2) is 0 Å². The summed E-state index contributed by atoms with van der Waals surface area (Å²) in [6, 6.07) is 0. The van der Waals surface area contributed by atoms with E-state index in [4.69, 9.17) is 16.4 Å². The van der Waals surface area contributed by atoms with Crippen LogP contribution in [0, 0.1) is 5.92 Å². The van der Waals surface area contributed by atoms with Crippen molar-refractivity contribution in [2.75, 3.05) is 12.4 Å². The molecule has 140 valence electrons. The Hall–Kier alpha value is -0.320. The van der Waals surface area contributed by atoms with Crippen LogP contribution in [0.15, 0.2) is 22.9 Å². The summed E-state index contributed by atoms with van der Waals surface area (Å²) in [7, 11) is -0.655. The molecule has 0 amide bonds. The summed E-state index contributed by atoms with van der Waals surface area (Å²) >= 11 is 5.50. The van der Waals surface area contributed by atoms with Crippen molar-refractivity contribution in [1.82, 2.24) is 5.48 Å². The molecule has 1 saturated carbocycles. The first-order valence-electron chi connectivity index (χ1n) is 9.33. The van der Waals surface area contributed by atoms with Gasteiger partial charge < -0.3 is 0 Å². The third-order valence-corrected chi connectivity index (χ3v) is 6.70. The summed E-state index contributed by atoms with van der Waals surface area (Å²) in [6.07, 6.45) is 10.7. The molecule has 0 aliphatic heterocycles. The Labute approximate surface area is 155 Å². The Morgan fingerprint density at radius 1 is 1.38 bits per heavy atom. The van der Waals surface area contributed by atoms with Crippen LogP contribution in [0.25, 0.3) is 0 Å². The molecule has 2 unspecified atom stereocenters. The number of hydrogen-bond donors (Lipinski definition) is 1. The number of halogens is 1. The first-order chi connectivity index (χ1) is 11.6. The van der Waals surface area contributed by atoms with Crippen molar-refractivity contribution in [3.63, 3.8) is 0 Å². The van der Waals surface area contributed by atoms with E-state index >= 15 is 0 Å². The van der Waals surface area contributed by atoms with E-state index in [9.17, 15) is 4.21 Å². The number of nitrogens with one attached hydrogen (secondary N) is 1. The van der Waals surface area contributed by atoms with E-state index in [0.29, 0.717) is 17.8 Å². The molecule has 0 aromatic carbocycles. The lowest BCUT2D eigenvalue weighted by atomic mass is 9.82. The first-order valence-corrected chi connectivity index (χ1v) is 11.1. The lowest BCUT2D eigenvalue weighted by Gasteiger charge is -2.28. The highest BCUT2D eigenvalue weighted by atomic mass is 35.5. The van der Waals surface area contributed by atoms with E-state index in [0.717, 1.165) is 44.3 Å². The molecule has 5 heteroatoms. The number of allylic oxidation sites excluding steroid dienone is 2. The zero-order valence-electron chi connectivity index (χ0n) is 15.5. The predicted molar refractivity (Wildman–Crippen MR) is 105 cm³/mol. The maximum Gasteiger partial charge on any atom is 0.0938 e. The molecule has 1 fully saturated rings. The molecule has 0 aromatic heterocycles. The van der Waals surface area contributed by atoms with Gasteiger partial charge in [-0.15, -0.1) is 0 Å². The lowest BCUT2D eigenvalue weighted by molar-refractivity contribution is 0.0817. The van der Waals surface area contributed by atoms with E-state index in [1.54, 1.807) is 6.08 Å². The van der Waals surface area contributed by atoms with Crippen LogP contribution in [0.3, 0.4) is 0 Å². The second kappa shape index (κ2) is 13.0. The number of hydroxylamine groups is 1. The second-order valence-electron chi connectivity index (χ2n) is 6.68. The van der Waals surface area contributed by atoms with Crippen LogP contribution >= 0.6 is 11.6 Å². The van der Waals surface area contributed by atoms with Crippen molar-refractivity contribution in [1.29, 1.82) is 0 Å². The quantitative estimate of drug-likeness (QED) is 0.386. The molecule has 0 saturated heterocycles. The molecule has 0 spiro atoms. The van der Waals surface area contributed by atoms with Crippen LogP contribution < -0.4 is 5.48 Å². The van der Waals surface area contributed by atoms with Gasteiger partial charge in [-0.2, -0.15) is 0 Å². The average molecular weight is 376 g/mol. The maximum atomic E-state index is 12.1. The molecule has 1 N–H and O–H groups in total. The predicted octanol–water partition coefficient (Wildman–Crippen LogP) is 5.44. The SMILES string of the molecule is CCCC(NOCC=CCl)=C1CCC(CC(C)S(=O)CCC)CC1. The normalized spacial score (nSPS) is 21.0. The van der Waals surface area contributed by atoms with Crippen molar-refractivity contribution in [2.45, 2.75) is 77.4 Å². The van der Waals surface area contributed by atoms with Crippen LogP contribution in [-0.4, -0.2) is 21.8 Å². The Morgan fingerprint density at radius 2 is 2.08 bits per heavy atom. The summed E-state index contributed by atoms with van der Waals surface area (Å²) in [4.78, 5) is 5.47. The Kier molecular flexibility index (Phi) is 11.7. The summed E-state index contributed by atoms with van der Waals surface area (Å²) in [5, 5.41) is 0.333. The largest absolute Gasteiger partial charge is 0.272 e. The van der Waals surface area contributed by atoms with Crippen molar-refractivity contribution >= 4 is 22.4 Å². The Balaban J connectivity index is 2.48. The van der Waals surface area contributed by atoms with Crippen LogP contribution in [-0.2, 0) is 15.6 Å². The molecular weight excluding hydrogens is 342 g/mol. The van der Waals surface area contributed by atoms with Crippen molar-refractivity contribution in [3.8, 4) is 0 Å². The highest BCUT2D eigenvalue weighted by Gasteiger charge is 2.22. The standard InChI is InChI=1S/C19H34ClNO2S/c1-4-7-19(21-23-13-6-12-20)18-10-8-17(9-11-18)15-16(3)24(22)14-5-2/h6,12,16-17,21H,4-5,7-11,13-15H2,1-3H3. The highest BCUT2D eigenvalue weighted by molar-refractivity contribution is 7.85. The van der Waals surface area contributed by atoms with Gasteiger partial charge in [0.2, 0.25) is 0 Å². The molecule has 1 rings (SSSR count). The van der Waals surface area contributed by atoms with Crippen LogP contribution in [0.5, 0.6) is 0 Å². The third kappa shape index (κ3) is 8.17. The molecule has 3 nitrogen and oxygen atoms in total.